The van der Waals surface area contributed by atoms with Crippen LogP contribution in [0.5, 0.6) is 11.5 Å². The number of nitrogens with one attached hydrogen (secondary N) is 1. The standard InChI is InChI=1S/C21H29N3O4/c1-24(16-6-8-17(28-2)9-7-16)12-4-3-11-23-14-20(26)15-5-10-19(25)18(13-15)21(22)27/h5-10,13,20,23,25-26H,3-4,11-12,14H2,1-2H3,(H2,22,27). The van der Waals surface area contributed by atoms with Gasteiger partial charge in [-0.3, -0.25) is 4.79 Å². The molecule has 0 spiro atoms. The molecule has 2 aromatic rings. The number of nitrogens with two attached hydrogens (primary N) is 1. The maximum absolute atomic E-state index is 11.3. The number of hydrogen-bond acceptors (Lipinski definition) is 6. The second-order valence-corrected chi connectivity index (χ2v) is 6.69. The quantitative estimate of drug-likeness (QED) is 0.440. The molecule has 1 atom stereocenters. The van der Waals surface area contributed by atoms with Crippen molar-refractivity contribution in [1.29, 1.82) is 0 Å². The molecule has 0 aliphatic heterocycles. The minimum Gasteiger partial charge on any atom is -0.507 e. The lowest BCUT2D eigenvalue weighted by Gasteiger charge is -2.19. The van der Waals surface area contributed by atoms with E-state index in [0.29, 0.717) is 12.1 Å². The molecule has 0 aliphatic rings. The highest BCUT2D eigenvalue weighted by Crippen LogP contribution is 2.22. The first-order valence-corrected chi connectivity index (χ1v) is 9.29. The molecular weight excluding hydrogens is 358 g/mol. The van der Waals surface area contributed by atoms with Crippen molar-refractivity contribution in [1.82, 2.24) is 5.32 Å². The predicted molar refractivity (Wildman–Crippen MR) is 110 cm³/mol. The van der Waals surface area contributed by atoms with Gasteiger partial charge in [-0.05, 0) is 61.3 Å². The number of hydrogen-bond donors (Lipinski definition) is 4. The summed E-state index contributed by atoms with van der Waals surface area (Å²) in [5.74, 6) is -0.0608. The SMILES string of the molecule is COc1ccc(N(C)CCCCNCC(O)c2ccc(O)c(C(N)=O)c2)cc1. The Labute approximate surface area is 165 Å². The van der Waals surface area contributed by atoms with Gasteiger partial charge < -0.3 is 30.9 Å². The van der Waals surface area contributed by atoms with Gasteiger partial charge in [0.1, 0.15) is 11.5 Å². The van der Waals surface area contributed by atoms with E-state index in [9.17, 15) is 15.0 Å². The lowest BCUT2D eigenvalue weighted by atomic mass is 10.0. The first-order chi connectivity index (χ1) is 13.4. The number of nitrogens with zero attached hydrogens (tertiary/aromatic N) is 1. The van der Waals surface area contributed by atoms with E-state index in [2.05, 4.69) is 17.3 Å². The van der Waals surface area contributed by atoms with Gasteiger partial charge in [-0.1, -0.05) is 6.07 Å². The van der Waals surface area contributed by atoms with Crippen LogP contribution in [0.1, 0.15) is 34.9 Å². The van der Waals surface area contributed by atoms with E-state index in [-0.39, 0.29) is 11.3 Å². The van der Waals surface area contributed by atoms with Gasteiger partial charge in [-0.15, -0.1) is 0 Å². The Morgan fingerprint density at radius 1 is 1.21 bits per heavy atom. The third-order valence-electron chi connectivity index (χ3n) is 4.62. The molecular formula is C21H29N3O4. The lowest BCUT2D eigenvalue weighted by molar-refractivity contribution is 0.0997. The van der Waals surface area contributed by atoms with Gasteiger partial charge in [0.05, 0.1) is 18.8 Å². The summed E-state index contributed by atoms with van der Waals surface area (Å²) in [6, 6.07) is 12.3. The second-order valence-electron chi connectivity index (χ2n) is 6.69. The van der Waals surface area contributed by atoms with Crippen LogP contribution >= 0.6 is 0 Å². The van der Waals surface area contributed by atoms with Crippen molar-refractivity contribution in [2.24, 2.45) is 5.73 Å². The highest BCUT2D eigenvalue weighted by Gasteiger charge is 2.13. The molecule has 5 N–H and O–H groups in total. The molecule has 0 fully saturated rings. The molecule has 0 saturated heterocycles. The number of aromatic hydroxyl groups is 1. The number of ether oxygens (including phenoxy) is 1. The van der Waals surface area contributed by atoms with Gasteiger partial charge in [0, 0.05) is 25.8 Å². The number of primary amides is 1. The van der Waals surface area contributed by atoms with Crippen molar-refractivity contribution in [3.8, 4) is 11.5 Å². The average Bonchev–Trinajstić information content (AvgIpc) is 2.70. The Kier molecular flexibility index (Phi) is 8.10. The van der Waals surface area contributed by atoms with Crippen LogP contribution in [0.2, 0.25) is 0 Å². The van der Waals surface area contributed by atoms with Gasteiger partial charge in [0.25, 0.3) is 5.91 Å². The molecule has 1 amide bonds. The number of anilines is 1. The summed E-state index contributed by atoms with van der Waals surface area (Å²) in [6.07, 6.45) is 1.20. The Hall–Kier alpha value is -2.77. The van der Waals surface area contributed by atoms with E-state index in [0.717, 1.165) is 37.4 Å². The molecule has 0 aliphatic carbocycles. The number of phenols is 1. The van der Waals surface area contributed by atoms with Gasteiger partial charge >= 0.3 is 0 Å². The normalized spacial score (nSPS) is 11.8. The molecule has 2 aromatic carbocycles. The van der Waals surface area contributed by atoms with E-state index < -0.39 is 12.0 Å². The number of rotatable bonds is 11. The predicted octanol–water partition coefficient (Wildman–Crippen LogP) is 2.04. The zero-order chi connectivity index (χ0) is 20.5. The highest BCUT2D eigenvalue weighted by atomic mass is 16.5. The maximum Gasteiger partial charge on any atom is 0.252 e. The van der Waals surface area contributed by atoms with Gasteiger partial charge in [0.2, 0.25) is 0 Å². The van der Waals surface area contributed by atoms with Crippen LogP contribution in [0.15, 0.2) is 42.5 Å². The van der Waals surface area contributed by atoms with Crippen LogP contribution < -0.4 is 20.7 Å². The fourth-order valence-electron chi connectivity index (χ4n) is 2.88. The molecule has 0 heterocycles. The monoisotopic (exact) mass is 387 g/mol. The minimum atomic E-state index is -0.777. The number of methoxy groups -OCH3 is 1. The Balaban J connectivity index is 1.68. The van der Waals surface area contributed by atoms with Crippen molar-refractivity contribution in [2.75, 3.05) is 38.7 Å². The summed E-state index contributed by atoms with van der Waals surface area (Å²) >= 11 is 0. The van der Waals surface area contributed by atoms with Crippen LogP contribution in [0.4, 0.5) is 5.69 Å². The number of carbonyl (C=O) groups excluding carboxylic acids is 1. The highest BCUT2D eigenvalue weighted by molar-refractivity contribution is 5.95. The fourth-order valence-corrected chi connectivity index (χ4v) is 2.88. The van der Waals surface area contributed by atoms with Crippen LogP contribution in [0.3, 0.4) is 0 Å². The summed E-state index contributed by atoms with van der Waals surface area (Å²) in [4.78, 5) is 13.5. The van der Waals surface area contributed by atoms with Crippen molar-refractivity contribution < 1.29 is 19.7 Å². The first kappa shape index (κ1) is 21.5. The van der Waals surface area contributed by atoms with Gasteiger partial charge in [-0.2, -0.15) is 0 Å². The smallest absolute Gasteiger partial charge is 0.252 e. The van der Waals surface area contributed by atoms with Crippen molar-refractivity contribution in [3.63, 3.8) is 0 Å². The Morgan fingerprint density at radius 3 is 2.57 bits per heavy atom. The molecule has 7 heteroatoms. The molecule has 28 heavy (non-hydrogen) atoms. The summed E-state index contributed by atoms with van der Waals surface area (Å²) in [5.41, 5.74) is 6.91. The summed E-state index contributed by atoms with van der Waals surface area (Å²) < 4.78 is 5.17. The molecule has 0 bridgehead atoms. The number of benzene rings is 2. The van der Waals surface area contributed by atoms with Crippen LogP contribution in [0.25, 0.3) is 0 Å². The van der Waals surface area contributed by atoms with Crippen molar-refractivity contribution in [3.05, 3.63) is 53.6 Å². The van der Waals surface area contributed by atoms with E-state index in [1.54, 1.807) is 13.2 Å². The summed E-state index contributed by atoms with van der Waals surface area (Å²) in [6.45, 7) is 2.06. The molecule has 0 aromatic heterocycles. The topological polar surface area (TPSA) is 108 Å². The number of unbranched alkanes of at least 4 members (excludes halogenated alkanes) is 1. The van der Waals surface area contributed by atoms with E-state index in [4.69, 9.17) is 10.5 Å². The lowest BCUT2D eigenvalue weighted by Crippen LogP contribution is -2.24. The zero-order valence-corrected chi connectivity index (χ0v) is 16.4. The molecule has 0 radical (unpaired) electrons. The van der Waals surface area contributed by atoms with E-state index >= 15 is 0 Å². The zero-order valence-electron chi connectivity index (χ0n) is 16.4. The van der Waals surface area contributed by atoms with Crippen LogP contribution in [-0.4, -0.2) is 49.9 Å². The largest absolute Gasteiger partial charge is 0.507 e. The Morgan fingerprint density at radius 2 is 1.93 bits per heavy atom. The second kappa shape index (κ2) is 10.5. The molecule has 7 nitrogen and oxygen atoms in total. The van der Waals surface area contributed by atoms with Crippen molar-refractivity contribution in [2.45, 2.75) is 18.9 Å². The number of aliphatic hydroxyl groups is 1. The van der Waals surface area contributed by atoms with Crippen LogP contribution in [0, 0.1) is 0 Å². The minimum absolute atomic E-state index is 0.0121. The molecule has 152 valence electrons. The molecule has 0 saturated carbocycles. The molecule has 1 unspecified atom stereocenters. The third kappa shape index (κ3) is 6.14. The third-order valence-corrected chi connectivity index (χ3v) is 4.62. The number of aliphatic hydroxyl groups excluding tert-OH is 1. The average molecular weight is 387 g/mol. The Bertz CT molecular complexity index is 765. The maximum atomic E-state index is 11.3. The van der Waals surface area contributed by atoms with Crippen molar-refractivity contribution >= 4 is 11.6 Å². The number of amides is 1. The van der Waals surface area contributed by atoms with Crippen LogP contribution in [-0.2, 0) is 0 Å². The van der Waals surface area contributed by atoms with Gasteiger partial charge in [0.15, 0.2) is 0 Å². The number of carbonyl (C=O) groups is 1. The van der Waals surface area contributed by atoms with E-state index in [1.807, 2.05) is 24.3 Å². The molecule has 2 rings (SSSR count). The summed E-state index contributed by atoms with van der Waals surface area (Å²) in [5, 5.41) is 23.1. The fraction of sp³-hybridized carbons (Fsp3) is 0.381. The first-order valence-electron chi connectivity index (χ1n) is 9.29. The van der Waals surface area contributed by atoms with E-state index in [1.165, 1.54) is 12.1 Å². The summed E-state index contributed by atoms with van der Waals surface area (Å²) in [7, 11) is 3.71. The van der Waals surface area contributed by atoms with Gasteiger partial charge in [-0.25, -0.2) is 0 Å².